The Morgan fingerprint density at radius 2 is 1.78 bits per heavy atom. The number of likely N-dealkylation sites (tertiary alicyclic amines) is 1. The highest BCUT2D eigenvalue weighted by molar-refractivity contribution is 4.96. The molecule has 2 atom stereocenters. The van der Waals surface area contributed by atoms with Crippen molar-refractivity contribution in [2.75, 3.05) is 0 Å². The molecule has 1 rings (SSSR count). The van der Waals surface area contributed by atoms with Crippen molar-refractivity contribution >= 4 is 0 Å². The molecular weight excluding hydrogens is 110 g/mol. The summed E-state index contributed by atoms with van der Waals surface area (Å²) in [6, 6.07) is 3.90. The molecule has 1 nitrogen and oxygen atoms in total. The van der Waals surface area contributed by atoms with Gasteiger partial charge in [0, 0.05) is 18.1 Å². The minimum atomic E-state index is 0.602. The van der Waals surface area contributed by atoms with Crippen LogP contribution in [0.1, 0.15) is 26.7 Å². The molecule has 0 aromatic heterocycles. The Labute approximate surface area is 57.0 Å². The lowest BCUT2D eigenvalue weighted by molar-refractivity contribution is 0.326. The van der Waals surface area contributed by atoms with Gasteiger partial charge in [-0.05, 0) is 26.7 Å². The van der Waals surface area contributed by atoms with Crippen molar-refractivity contribution in [2.45, 2.75) is 38.8 Å². The van der Waals surface area contributed by atoms with Crippen LogP contribution >= 0.6 is 0 Å². The van der Waals surface area contributed by atoms with E-state index in [1.807, 2.05) is 0 Å². The molecule has 0 aromatic rings. The van der Waals surface area contributed by atoms with Crippen molar-refractivity contribution in [1.29, 1.82) is 0 Å². The molecule has 1 fully saturated rings. The minimum absolute atomic E-state index is 0.602. The lowest BCUT2D eigenvalue weighted by atomic mass is 10.2. The topological polar surface area (TPSA) is 3.24 Å². The van der Waals surface area contributed by atoms with E-state index in [2.05, 4.69) is 24.8 Å². The van der Waals surface area contributed by atoms with Crippen molar-refractivity contribution in [3.8, 4) is 12.5 Å². The summed E-state index contributed by atoms with van der Waals surface area (Å²) in [6.45, 7) is 4.37. The normalized spacial score (nSPS) is 34.6. The maximum absolute atomic E-state index is 5.29. The number of rotatable bonds is 0. The number of hydrogen-bond acceptors (Lipinski definition) is 1. The summed E-state index contributed by atoms with van der Waals surface area (Å²) in [5.74, 6) is 0. The van der Waals surface area contributed by atoms with Gasteiger partial charge in [-0.3, -0.25) is 0 Å². The third kappa shape index (κ3) is 1.03. The van der Waals surface area contributed by atoms with Crippen LogP contribution in [0.4, 0.5) is 0 Å². The first kappa shape index (κ1) is 6.48. The summed E-state index contributed by atoms with van der Waals surface area (Å²) in [7, 11) is 0. The fourth-order valence-corrected chi connectivity index (χ4v) is 1.45. The fourth-order valence-electron chi connectivity index (χ4n) is 1.45. The first-order chi connectivity index (χ1) is 4.25. The molecule has 0 aromatic carbocycles. The van der Waals surface area contributed by atoms with E-state index in [-0.39, 0.29) is 0 Å². The maximum Gasteiger partial charge on any atom is 0.0347 e. The lowest BCUT2D eigenvalue weighted by Gasteiger charge is -2.20. The molecule has 0 saturated carbocycles. The summed E-state index contributed by atoms with van der Waals surface area (Å²) in [5, 5.41) is 0. The minimum Gasteiger partial charge on any atom is -0.327 e. The Morgan fingerprint density at radius 1 is 1.33 bits per heavy atom. The maximum atomic E-state index is 5.29. The van der Waals surface area contributed by atoms with Crippen LogP contribution in [0.15, 0.2) is 0 Å². The van der Waals surface area contributed by atoms with Crippen LogP contribution in [0.25, 0.3) is 0 Å². The van der Waals surface area contributed by atoms with Gasteiger partial charge in [-0.1, -0.05) is 6.42 Å². The quantitative estimate of drug-likeness (QED) is 0.441. The van der Waals surface area contributed by atoms with Crippen LogP contribution in [0.2, 0.25) is 0 Å². The zero-order valence-corrected chi connectivity index (χ0v) is 6.09. The van der Waals surface area contributed by atoms with Gasteiger partial charge in [0.25, 0.3) is 0 Å². The summed E-state index contributed by atoms with van der Waals surface area (Å²) < 4.78 is 0. The standard InChI is InChI=1S/C8H13N/c1-4-9-7(2)5-6-8(9)3/h1,7-8H,5-6H2,2-3H3/t7-,8-/m1/s1. The Morgan fingerprint density at radius 3 is 2.00 bits per heavy atom. The summed E-state index contributed by atoms with van der Waals surface area (Å²) in [4.78, 5) is 2.10. The molecule has 1 aliphatic heterocycles. The van der Waals surface area contributed by atoms with Gasteiger partial charge in [-0.15, -0.1) is 0 Å². The van der Waals surface area contributed by atoms with E-state index in [1.165, 1.54) is 12.8 Å². The molecule has 0 unspecified atom stereocenters. The van der Waals surface area contributed by atoms with Gasteiger partial charge in [-0.2, -0.15) is 0 Å². The van der Waals surface area contributed by atoms with E-state index in [4.69, 9.17) is 6.42 Å². The largest absolute Gasteiger partial charge is 0.327 e. The molecule has 1 heterocycles. The highest BCUT2D eigenvalue weighted by Crippen LogP contribution is 2.21. The third-order valence-corrected chi connectivity index (χ3v) is 2.10. The van der Waals surface area contributed by atoms with E-state index in [0.29, 0.717) is 12.1 Å². The molecule has 0 amide bonds. The van der Waals surface area contributed by atoms with E-state index < -0.39 is 0 Å². The Balaban J connectivity index is 2.57. The molecule has 0 bridgehead atoms. The van der Waals surface area contributed by atoms with Gasteiger partial charge in [-0.25, -0.2) is 0 Å². The summed E-state index contributed by atoms with van der Waals surface area (Å²) >= 11 is 0. The molecule has 1 heteroatoms. The number of nitrogens with zero attached hydrogens (tertiary/aromatic N) is 1. The van der Waals surface area contributed by atoms with Gasteiger partial charge in [0.15, 0.2) is 0 Å². The highest BCUT2D eigenvalue weighted by Gasteiger charge is 2.23. The van der Waals surface area contributed by atoms with Crippen LogP contribution in [0, 0.1) is 12.5 Å². The zero-order chi connectivity index (χ0) is 6.85. The molecular formula is C8H13N. The van der Waals surface area contributed by atoms with Crippen molar-refractivity contribution in [3.63, 3.8) is 0 Å². The Kier molecular flexibility index (Phi) is 1.66. The van der Waals surface area contributed by atoms with Gasteiger partial charge >= 0.3 is 0 Å². The second-order valence-corrected chi connectivity index (χ2v) is 2.81. The molecule has 50 valence electrons. The lowest BCUT2D eigenvalue weighted by Crippen LogP contribution is -2.27. The van der Waals surface area contributed by atoms with Crippen molar-refractivity contribution in [3.05, 3.63) is 0 Å². The van der Waals surface area contributed by atoms with E-state index in [1.54, 1.807) is 0 Å². The Hall–Kier alpha value is -0.640. The average Bonchev–Trinajstić information content (AvgIpc) is 2.12. The van der Waals surface area contributed by atoms with Gasteiger partial charge < -0.3 is 4.90 Å². The van der Waals surface area contributed by atoms with Crippen LogP contribution in [0.3, 0.4) is 0 Å². The van der Waals surface area contributed by atoms with E-state index in [0.717, 1.165) is 0 Å². The van der Waals surface area contributed by atoms with E-state index in [9.17, 15) is 0 Å². The van der Waals surface area contributed by atoms with Gasteiger partial charge in [0.1, 0.15) is 0 Å². The molecule has 0 spiro atoms. The van der Waals surface area contributed by atoms with Crippen molar-refractivity contribution < 1.29 is 0 Å². The molecule has 0 N–H and O–H groups in total. The monoisotopic (exact) mass is 123 g/mol. The van der Waals surface area contributed by atoms with Crippen LogP contribution < -0.4 is 0 Å². The first-order valence-electron chi connectivity index (χ1n) is 3.50. The molecule has 0 aliphatic carbocycles. The zero-order valence-electron chi connectivity index (χ0n) is 6.09. The third-order valence-electron chi connectivity index (χ3n) is 2.10. The average molecular weight is 123 g/mol. The molecule has 1 aliphatic rings. The van der Waals surface area contributed by atoms with Crippen LogP contribution in [0.5, 0.6) is 0 Å². The molecule has 1 saturated heterocycles. The summed E-state index contributed by atoms with van der Waals surface area (Å²) in [5.41, 5.74) is 0. The van der Waals surface area contributed by atoms with Crippen LogP contribution in [-0.2, 0) is 0 Å². The first-order valence-corrected chi connectivity index (χ1v) is 3.50. The second kappa shape index (κ2) is 2.31. The molecule has 9 heavy (non-hydrogen) atoms. The number of hydrogen-bond donors (Lipinski definition) is 0. The van der Waals surface area contributed by atoms with Crippen LogP contribution in [-0.4, -0.2) is 17.0 Å². The van der Waals surface area contributed by atoms with Gasteiger partial charge in [0.05, 0.1) is 0 Å². The van der Waals surface area contributed by atoms with Gasteiger partial charge in [0.2, 0.25) is 0 Å². The predicted octanol–water partition coefficient (Wildman–Crippen LogP) is 1.45. The number of terminal acetylenes is 1. The predicted molar refractivity (Wildman–Crippen MR) is 38.8 cm³/mol. The Bertz CT molecular complexity index is 124. The highest BCUT2D eigenvalue weighted by atomic mass is 15.2. The SMILES string of the molecule is C#CN1[C@H](C)CC[C@H]1C. The van der Waals surface area contributed by atoms with Crippen molar-refractivity contribution in [2.24, 2.45) is 0 Å². The molecule has 0 radical (unpaired) electrons. The fraction of sp³-hybridized carbons (Fsp3) is 0.750. The van der Waals surface area contributed by atoms with Crippen molar-refractivity contribution in [1.82, 2.24) is 4.90 Å². The summed E-state index contributed by atoms with van der Waals surface area (Å²) in [6.07, 6.45) is 7.80. The smallest absolute Gasteiger partial charge is 0.0347 e. The second-order valence-electron chi connectivity index (χ2n) is 2.81. The van der Waals surface area contributed by atoms with E-state index >= 15 is 0 Å².